The first-order valence-electron chi connectivity index (χ1n) is 8.18. The van der Waals surface area contributed by atoms with E-state index < -0.39 is 0 Å². The Morgan fingerprint density at radius 3 is 2.90 bits per heavy atom. The number of piperidine rings is 1. The molecule has 116 valence electrons. The van der Waals surface area contributed by atoms with E-state index in [9.17, 15) is 0 Å². The fourth-order valence-corrected chi connectivity index (χ4v) is 3.64. The number of hydrogen-bond donors (Lipinski definition) is 2. The normalized spacial score (nSPS) is 25.9. The van der Waals surface area contributed by atoms with Gasteiger partial charge in [-0.25, -0.2) is 0 Å². The third-order valence-corrected chi connectivity index (χ3v) is 4.49. The van der Waals surface area contributed by atoms with Crippen LogP contribution in [0.3, 0.4) is 0 Å². The second-order valence-electron chi connectivity index (χ2n) is 6.65. The van der Waals surface area contributed by atoms with E-state index in [0.29, 0.717) is 6.04 Å². The van der Waals surface area contributed by atoms with Gasteiger partial charge in [-0.1, -0.05) is 0 Å². The highest BCUT2D eigenvalue weighted by Gasteiger charge is 2.31. The van der Waals surface area contributed by atoms with Crippen molar-refractivity contribution in [3.8, 4) is 5.75 Å². The van der Waals surface area contributed by atoms with Crippen molar-refractivity contribution in [2.75, 3.05) is 24.1 Å². The van der Waals surface area contributed by atoms with Gasteiger partial charge < -0.3 is 20.7 Å². The molecule has 4 heteroatoms. The molecular weight excluding hydrogens is 262 g/mol. The minimum atomic E-state index is 0.168. The highest BCUT2D eigenvalue weighted by molar-refractivity contribution is 5.59. The second kappa shape index (κ2) is 6.14. The summed E-state index contributed by atoms with van der Waals surface area (Å²) in [5.74, 6) is 0.853. The van der Waals surface area contributed by atoms with Gasteiger partial charge in [0.1, 0.15) is 5.75 Å². The van der Waals surface area contributed by atoms with Gasteiger partial charge in [-0.2, -0.15) is 0 Å². The van der Waals surface area contributed by atoms with Gasteiger partial charge in [-0.05, 0) is 52.1 Å². The monoisotopic (exact) mass is 289 g/mol. The molecule has 0 aliphatic carbocycles. The van der Waals surface area contributed by atoms with Crippen LogP contribution in [0.2, 0.25) is 0 Å². The minimum absolute atomic E-state index is 0.168. The molecule has 2 atom stereocenters. The molecule has 0 aromatic heterocycles. The zero-order valence-corrected chi connectivity index (χ0v) is 13.1. The van der Waals surface area contributed by atoms with Crippen molar-refractivity contribution in [1.82, 2.24) is 4.90 Å². The van der Waals surface area contributed by atoms with E-state index in [1.165, 1.54) is 38.8 Å². The largest absolute Gasteiger partial charge is 0.491 e. The van der Waals surface area contributed by atoms with Crippen LogP contribution in [-0.2, 0) is 0 Å². The fraction of sp³-hybridized carbons (Fsp3) is 0.647. The van der Waals surface area contributed by atoms with E-state index in [-0.39, 0.29) is 6.10 Å². The van der Waals surface area contributed by atoms with Crippen LogP contribution in [0.25, 0.3) is 0 Å². The molecule has 0 spiro atoms. The van der Waals surface area contributed by atoms with Gasteiger partial charge in [0.2, 0.25) is 0 Å². The Morgan fingerprint density at radius 2 is 2.10 bits per heavy atom. The van der Waals surface area contributed by atoms with Crippen molar-refractivity contribution in [3.63, 3.8) is 0 Å². The van der Waals surface area contributed by atoms with Gasteiger partial charge in [-0.3, -0.25) is 0 Å². The molecule has 2 aliphatic rings. The summed E-state index contributed by atoms with van der Waals surface area (Å²) in [6.07, 6.45) is 5.35. The summed E-state index contributed by atoms with van der Waals surface area (Å²) < 4.78 is 5.77. The number of ether oxygens (including phenoxy) is 1. The van der Waals surface area contributed by atoms with Crippen molar-refractivity contribution in [1.29, 1.82) is 0 Å². The Labute approximate surface area is 127 Å². The van der Waals surface area contributed by atoms with Crippen LogP contribution in [-0.4, -0.2) is 36.2 Å². The van der Waals surface area contributed by atoms with E-state index in [4.69, 9.17) is 10.5 Å². The van der Waals surface area contributed by atoms with E-state index in [1.807, 2.05) is 26.0 Å². The van der Waals surface area contributed by atoms with Gasteiger partial charge in [0.15, 0.2) is 0 Å². The number of nitrogens with zero attached hydrogens (tertiary/aromatic N) is 1. The molecule has 0 saturated carbocycles. The summed E-state index contributed by atoms with van der Waals surface area (Å²) in [6, 6.07) is 7.30. The SMILES string of the molecule is CC(C)Oc1cc(N)cc(NC2CCN3CCCC3C2)c1. The maximum Gasteiger partial charge on any atom is 0.123 e. The molecule has 0 radical (unpaired) electrons. The lowest BCUT2D eigenvalue weighted by Crippen LogP contribution is -2.42. The predicted octanol–water partition coefficient (Wildman–Crippen LogP) is 3.09. The van der Waals surface area contributed by atoms with Crippen LogP contribution in [0, 0.1) is 0 Å². The van der Waals surface area contributed by atoms with Crippen LogP contribution in [0.5, 0.6) is 5.75 Å². The molecule has 1 aromatic carbocycles. The Balaban J connectivity index is 1.65. The number of nitrogen functional groups attached to an aromatic ring is 1. The summed E-state index contributed by atoms with van der Waals surface area (Å²) in [5, 5.41) is 3.66. The van der Waals surface area contributed by atoms with Crippen molar-refractivity contribution >= 4 is 11.4 Å². The summed E-state index contributed by atoms with van der Waals surface area (Å²) in [5.41, 5.74) is 7.84. The molecule has 3 rings (SSSR count). The zero-order valence-electron chi connectivity index (χ0n) is 13.1. The quantitative estimate of drug-likeness (QED) is 0.836. The predicted molar refractivity (Wildman–Crippen MR) is 87.9 cm³/mol. The first kappa shape index (κ1) is 14.5. The Kier molecular flexibility index (Phi) is 4.24. The number of nitrogens with two attached hydrogens (primary N) is 1. The average molecular weight is 289 g/mol. The number of benzene rings is 1. The molecule has 2 unspecified atom stereocenters. The van der Waals surface area contributed by atoms with Crippen LogP contribution < -0.4 is 15.8 Å². The molecule has 1 aromatic rings. The smallest absolute Gasteiger partial charge is 0.123 e. The molecule has 2 fully saturated rings. The molecular formula is C17H27N3O. The zero-order chi connectivity index (χ0) is 14.8. The third-order valence-electron chi connectivity index (χ3n) is 4.49. The van der Waals surface area contributed by atoms with Crippen molar-refractivity contribution in [3.05, 3.63) is 18.2 Å². The lowest BCUT2D eigenvalue weighted by Gasteiger charge is -2.35. The molecule has 2 aliphatic heterocycles. The van der Waals surface area contributed by atoms with E-state index >= 15 is 0 Å². The number of fused-ring (bicyclic) bond motifs is 1. The summed E-state index contributed by atoms with van der Waals surface area (Å²) in [7, 11) is 0. The van der Waals surface area contributed by atoms with Crippen LogP contribution in [0.1, 0.15) is 39.5 Å². The van der Waals surface area contributed by atoms with Gasteiger partial charge in [0.25, 0.3) is 0 Å². The van der Waals surface area contributed by atoms with Crippen LogP contribution in [0.15, 0.2) is 18.2 Å². The number of nitrogens with one attached hydrogen (secondary N) is 1. The van der Waals surface area contributed by atoms with Gasteiger partial charge in [0, 0.05) is 42.1 Å². The standard InChI is InChI=1S/C17H27N3O/c1-12(2)21-17-9-13(18)8-15(11-17)19-14-5-7-20-6-3-4-16(20)10-14/h8-9,11-12,14,16,19H,3-7,10,18H2,1-2H3. The fourth-order valence-electron chi connectivity index (χ4n) is 3.64. The molecule has 2 saturated heterocycles. The summed E-state index contributed by atoms with van der Waals surface area (Å²) >= 11 is 0. The Bertz CT molecular complexity index is 489. The van der Waals surface area contributed by atoms with E-state index in [0.717, 1.165) is 23.2 Å². The molecule has 0 bridgehead atoms. The molecule has 3 N–H and O–H groups in total. The highest BCUT2D eigenvalue weighted by atomic mass is 16.5. The minimum Gasteiger partial charge on any atom is -0.491 e. The number of hydrogen-bond acceptors (Lipinski definition) is 4. The molecule has 2 heterocycles. The summed E-state index contributed by atoms with van der Waals surface area (Å²) in [6.45, 7) is 6.58. The molecule has 4 nitrogen and oxygen atoms in total. The highest BCUT2D eigenvalue weighted by Crippen LogP contribution is 2.30. The molecule has 0 amide bonds. The van der Waals surface area contributed by atoms with Gasteiger partial charge in [-0.15, -0.1) is 0 Å². The van der Waals surface area contributed by atoms with Gasteiger partial charge in [0.05, 0.1) is 6.10 Å². The van der Waals surface area contributed by atoms with Crippen molar-refractivity contribution in [2.24, 2.45) is 0 Å². The van der Waals surface area contributed by atoms with Gasteiger partial charge >= 0.3 is 0 Å². The van der Waals surface area contributed by atoms with Crippen LogP contribution >= 0.6 is 0 Å². The van der Waals surface area contributed by atoms with Crippen molar-refractivity contribution in [2.45, 2.75) is 57.7 Å². The average Bonchev–Trinajstić information content (AvgIpc) is 2.84. The number of anilines is 2. The van der Waals surface area contributed by atoms with Crippen molar-refractivity contribution < 1.29 is 4.74 Å². The van der Waals surface area contributed by atoms with Crippen LogP contribution in [0.4, 0.5) is 11.4 Å². The van der Waals surface area contributed by atoms with E-state index in [2.05, 4.69) is 16.3 Å². The maximum atomic E-state index is 6.00. The lowest BCUT2D eigenvalue weighted by atomic mass is 9.97. The first-order valence-corrected chi connectivity index (χ1v) is 8.18. The third kappa shape index (κ3) is 3.62. The Hall–Kier alpha value is -1.42. The summed E-state index contributed by atoms with van der Waals surface area (Å²) in [4.78, 5) is 2.64. The molecule has 21 heavy (non-hydrogen) atoms. The van der Waals surface area contributed by atoms with E-state index in [1.54, 1.807) is 0 Å². The second-order valence-corrected chi connectivity index (χ2v) is 6.65. The maximum absolute atomic E-state index is 6.00. The topological polar surface area (TPSA) is 50.5 Å². The Morgan fingerprint density at radius 1 is 1.24 bits per heavy atom. The first-order chi connectivity index (χ1) is 10.1. The lowest BCUT2D eigenvalue weighted by molar-refractivity contribution is 0.188. The number of rotatable bonds is 4.